The minimum absolute atomic E-state index is 0.311. The van der Waals surface area contributed by atoms with E-state index in [4.69, 9.17) is 0 Å². The average Bonchev–Trinajstić information content (AvgIpc) is 2.15. The molecule has 15 heavy (non-hydrogen) atoms. The minimum Gasteiger partial charge on any atom is -0.591 e. The van der Waals surface area contributed by atoms with Gasteiger partial charge in [-0.15, -0.1) is 0 Å². The second-order valence-electron chi connectivity index (χ2n) is 4.33. The van der Waals surface area contributed by atoms with Crippen LogP contribution < -0.4 is 0 Å². The molecule has 0 aliphatic rings. The molecule has 0 aliphatic heterocycles. The molecule has 0 aromatic carbocycles. The fourth-order valence-electron chi connectivity index (χ4n) is 0.822. The highest BCUT2D eigenvalue weighted by molar-refractivity contribution is 7.91. The summed E-state index contributed by atoms with van der Waals surface area (Å²) in [6.07, 6.45) is 3.33. The van der Waals surface area contributed by atoms with Gasteiger partial charge in [-0.3, -0.25) is 4.98 Å². The Morgan fingerprint density at radius 3 is 2.53 bits per heavy atom. The van der Waals surface area contributed by atoms with E-state index in [9.17, 15) is 4.55 Å². The molecule has 0 amide bonds. The predicted molar refractivity (Wildman–Crippen MR) is 64.5 cm³/mol. The Kier molecular flexibility index (Phi) is 3.88. The van der Waals surface area contributed by atoms with Crippen molar-refractivity contribution in [2.24, 2.45) is 4.40 Å². The Bertz CT molecular complexity index is 341. The van der Waals surface area contributed by atoms with E-state index in [2.05, 4.69) is 9.38 Å². The highest BCUT2D eigenvalue weighted by Crippen LogP contribution is 2.16. The molecule has 0 spiro atoms. The second kappa shape index (κ2) is 4.77. The van der Waals surface area contributed by atoms with E-state index in [1.807, 2.05) is 39.8 Å². The molecule has 0 bridgehead atoms. The number of nitrogens with zero attached hydrogens (tertiary/aromatic N) is 2. The van der Waals surface area contributed by atoms with Gasteiger partial charge >= 0.3 is 0 Å². The van der Waals surface area contributed by atoms with Gasteiger partial charge in [0.15, 0.2) is 0 Å². The van der Waals surface area contributed by atoms with Crippen LogP contribution in [0.4, 0.5) is 0 Å². The highest BCUT2D eigenvalue weighted by Gasteiger charge is 2.25. The number of hydrogen-bond donors (Lipinski definition) is 0. The molecule has 1 aromatic heterocycles. The van der Waals surface area contributed by atoms with Crippen molar-refractivity contribution in [3.05, 3.63) is 29.6 Å². The monoisotopic (exact) mass is 224 g/mol. The fraction of sp³-hybridized carbons (Fsp3) is 0.455. The maximum atomic E-state index is 11.6. The summed E-state index contributed by atoms with van der Waals surface area (Å²) in [6.45, 7) is 7.61. The largest absolute Gasteiger partial charge is 0.591 e. The molecular weight excluding hydrogens is 208 g/mol. The van der Waals surface area contributed by atoms with Crippen LogP contribution in [0, 0.1) is 6.92 Å². The van der Waals surface area contributed by atoms with Crippen LogP contribution >= 0.6 is 0 Å². The van der Waals surface area contributed by atoms with Gasteiger partial charge in [0.25, 0.3) is 0 Å². The highest BCUT2D eigenvalue weighted by atomic mass is 32.2. The molecule has 0 aliphatic carbocycles. The zero-order valence-corrected chi connectivity index (χ0v) is 10.3. The van der Waals surface area contributed by atoms with Crippen molar-refractivity contribution >= 4 is 17.6 Å². The van der Waals surface area contributed by atoms with E-state index in [1.165, 1.54) is 0 Å². The summed E-state index contributed by atoms with van der Waals surface area (Å²) >= 11 is -1.20. The summed E-state index contributed by atoms with van der Waals surface area (Å²) in [4.78, 5) is 4.13. The van der Waals surface area contributed by atoms with Gasteiger partial charge in [0.2, 0.25) is 0 Å². The third-order valence-corrected chi connectivity index (χ3v) is 3.10. The number of pyridine rings is 1. The fourth-order valence-corrected chi connectivity index (χ4v) is 1.36. The molecule has 1 unspecified atom stereocenters. The van der Waals surface area contributed by atoms with Gasteiger partial charge in [-0.05, 0) is 39.8 Å². The molecule has 0 N–H and O–H groups in total. The SMILES string of the molecule is Cc1ccc(C=N[S+]([O-])C(C)(C)C)cn1. The van der Waals surface area contributed by atoms with Gasteiger partial charge in [0.1, 0.15) is 16.1 Å². The van der Waals surface area contributed by atoms with Crippen molar-refractivity contribution < 1.29 is 4.55 Å². The summed E-state index contributed by atoms with van der Waals surface area (Å²) in [5.41, 5.74) is 1.84. The second-order valence-corrected chi connectivity index (χ2v) is 6.26. The summed E-state index contributed by atoms with van der Waals surface area (Å²) in [5.74, 6) is 0. The van der Waals surface area contributed by atoms with Crippen LogP contribution in [0.25, 0.3) is 0 Å². The number of aryl methyl sites for hydroxylation is 1. The Labute approximate surface area is 94.0 Å². The normalized spacial score (nSPS) is 14.5. The summed E-state index contributed by atoms with van der Waals surface area (Å²) in [6, 6.07) is 3.81. The van der Waals surface area contributed by atoms with Crippen LogP contribution in [-0.2, 0) is 11.4 Å². The van der Waals surface area contributed by atoms with E-state index in [-0.39, 0.29) is 4.75 Å². The number of hydrogen-bond acceptors (Lipinski definition) is 3. The quantitative estimate of drug-likeness (QED) is 0.571. The predicted octanol–water partition coefficient (Wildman–Crippen LogP) is 2.27. The van der Waals surface area contributed by atoms with Crippen LogP contribution in [0.1, 0.15) is 32.0 Å². The molecule has 1 atom stereocenters. The first kappa shape index (κ1) is 12.2. The molecular formula is C11H16N2OS. The van der Waals surface area contributed by atoms with Crippen LogP contribution in [0.3, 0.4) is 0 Å². The first-order chi connectivity index (χ1) is 6.89. The molecule has 0 saturated heterocycles. The molecule has 0 fully saturated rings. The van der Waals surface area contributed by atoms with Gasteiger partial charge in [-0.1, -0.05) is 4.40 Å². The Morgan fingerprint density at radius 1 is 1.40 bits per heavy atom. The van der Waals surface area contributed by atoms with Gasteiger partial charge in [-0.2, -0.15) is 0 Å². The summed E-state index contributed by atoms with van der Waals surface area (Å²) < 4.78 is 15.3. The van der Waals surface area contributed by atoms with Crippen molar-refractivity contribution in [3.8, 4) is 0 Å². The van der Waals surface area contributed by atoms with Gasteiger partial charge in [0, 0.05) is 17.5 Å². The minimum atomic E-state index is -1.20. The maximum absolute atomic E-state index is 11.6. The third-order valence-electron chi connectivity index (χ3n) is 1.76. The Hall–Kier alpha value is -0.870. The zero-order chi connectivity index (χ0) is 11.5. The first-order valence-electron chi connectivity index (χ1n) is 4.78. The lowest BCUT2D eigenvalue weighted by Gasteiger charge is -2.17. The lowest BCUT2D eigenvalue weighted by Crippen LogP contribution is -2.25. The zero-order valence-electron chi connectivity index (χ0n) is 9.52. The van der Waals surface area contributed by atoms with E-state index in [0.717, 1.165) is 11.3 Å². The summed E-state index contributed by atoms with van der Waals surface area (Å²) in [5, 5.41) is 0. The molecule has 1 aromatic rings. The van der Waals surface area contributed by atoms with Crippen molar-refractivity contribution in [1.82, 2.24) is 4.98 Å². The van der Waals surface area contributed by atoms with Crippen LogP contribution in [0.15, 0.2) is 22.7 Å². The lowest BCUT2D eigenvalue weighted by molar-refractivity contribution is 0.562. The smallest absolute Gasteiger partial charge is 0.144 e. The van der Waals surface area contributed by atoms with Crippen LogP contribution in [0.2, 0.25) is 0 Å². The molecule has 1 rings (SSSR count). The standard InChI is InChI=1S/C11H16N2OS/c1-9-5-6-10(7-12-9)8-13-15(14)11(2,3)4/h5-8H,1-4H3. The molecule has 4 heteroatoms. The molecule has 82 valence electrons. The Morgan fingerprint density at radius 2 is 2.07 bits per heavy atom. The first-order valence-corrected chi connectivity index (χ1v) is 5.89. The molecule has 3 nitrogen and oxygen atoms in total. The van der Waals surface area contributed by atoms with E-state index in [1.54, 1.807) is 12.4 Å². The summed E-state index contributed by atoms with van der Waals surface area (Å²) in [7, 11) is 0. The van der Waals surface area contributed by atoms with Gasteiger partial charge in [0.05, 0.1) is 6.21 Å². The molecule has 1 heterocycles. The molecule has 0 saturated carbocycles. The number of aromatic nitrogens is 1. The average molecular weight is 224 g/mol. The van der Waals surface area contributed by atoms with Gasteiger partial charge < -0.3 is 4.55 Å². The van der Waals surface area contributed by atoms with Crippen LogP contribution in [0.5, 0.6) is 0 Å². The maximum Gasteiger partial charge on any atom is 0.144 e. The van der Waals surface area contributed by atoms with Crippen molar-refractivity contribution in [2.45, 2.75) is 32.4 Å². The lowest BCUT2D eigenvalue weighted by atomic mass is 10.3. The van der Waals surface area contributed by atoms with Crippen molar-refractivity contribution in [2.75, 3.05) is 0 Å². The Balaban J connectivity index is 2.70. The van der Waals surface area contributed by atoms with E-state index < -0.39 is 11.4 Å². The van der Waals surface area contributed by atoms with E-state index >= 15 is 0 Å². The van der Waals surface area contributed by atoms with E-state index in [0.29, 0.717) is 0 Å². The third kappa shape index (κ3) is 4.01. The van der Waals surface area contributed by atoms with Gasteiger partial charge in [-0.25, -0.2) is 0 Å². The topological polar surface area (TPSA) is 48.3 Å². The molecule has 0 radical (unpaired) electrons. The van der Waals surface area contributed by atoms with Crippen LogP contribution in [-0.4, -0.2) is 20.5 Å². The van der Waals surface area contributed by atoms with Crippen molar-refractivity contribution in [3.63, 3.8) is 0 Å². The number of rotatable bonds is 2. The van der Waals surface area contributed by atoms with Crippen molar-refractivity contribution in [1.29, 1.82) is 0 Å².